The van der Waals surface area contributed by atoms with Crippen LogP contribution in [0.5, 0.6) is 5.75 Å². The van der Waals surface area contributed by atoms with Gasteiger partial charge in [0.15, 0.2) is 11.6 Å². The van der Waals surface area contributed by atoms with Gasteiger partial charge in [-0.25, -0.2) is 4.39 Å². The zero-order chi connectivity index (χ0) is 35.9. The van der Waals surface area contributed by atoms with Crippen molar-refractivity contribution in [1.29, 1.82) is 0 Å². The van der Waals surface area contributed by atoms with E-state index in [1.165, 1.54) is 132 Å². The topological polar surface area (TPSA) is 9.23 Å². The molecular formula is C48H64F2O. The van der Waals surface area contributed by atoms with Crippen LogP contribution in [0.15, 0.2) is 84.9 Å². The molecule has 4 aromatic carbocycles. The van der Waals surface area contributed by atoms with Gasteiger partial charge in [-0.2, -0.15) is 4.39 Å². The predicted molar refractivity (Wildman–Crippen MR) is 216 cm³/mol. The van der Waals surface area contributed by atoms with Crippen molar-refractivity contribution in [2.45, 2.75) is 149 Å². The molecule has 0 atom stereocenters. The Balaban J connectivity index is 1.19. The lowest BCUT2D eigenvalue weighted by molar-refractivity contribution is 0.285. The van der Waals surface area contributed by atoms with Crippen LogP contribution in [0.25, 0.3) is 33.4 Å². The number of halogens is 2. The fourth-order valence-corrected chi connectivity index (χ4v) is 7.02. The summed E-state index contributed by atoms with van der Waals surface area (Å²) in [5.74, 6) is -1.78. The second-order valence-electron chi connectivity index (χ2n) is 14.6. The van der Waals surface area contributed by atoms with E-state index in [1.807, 2.05) is 24.3 Å². The van der Waals surface area contributed by atoms with Crippen LogP contribution in [-0.2, 0) is 6.42 Å². The van der Waals surface area contributed by atoms with E-state index in [2.05, 4.69) is 62.4 Å². The van der Waals surface area contributed by atoms with Gasteiger partial charge in [0.1, 0.15) is 0 Å². The summed E-state index contributed by atoms with van der Waals surface area (Å²) in [6.07, 6.45) is 27.0. The van der Waals surface area contributed by atoms with E-state index in [0.717, 1.165) is 30.4 Å². The van der Waals surface area contributed by atoms with Crippen LogP contribution in [0.3, 0.4) is 0 Å². The van der Waals surface area contributed by atoms with Crippen LogP contribution < -0.4 is 4.74 Å². The fraction of sp³-hybridized carbons (Fsp3) is 0.500. The molecule has 1 nitrogen and oxygen atoms in total. The molecule has 0 radical (unpaired) electrons. The summed E-state index contributed by atoms with van der Waals surface area (Å²) < 4.78 is 35.7. The Bertz CT molecular complexity index is 1490. The van der Waals surface area contributed by atoms with Crippen LogP contribution in [-0.4, -0.2) is 6.61 Å². The summed E-state index contributed by atoms with van der Waals surface area (Å²) >= 11 is 0. The second-order valence-corrected chi connectivity index (χ2v) is 14.6. The highest BCUT2D eigenvalue weighted by molar-refractivity contribution is 5.73. The van der Waals surface area contributed by atoms with Crippen molar-refractivity contribution in [1.82, 2.24) is 0 Å². The molecule has 276 valence electrons. The molecule has 0 bridgehead atoms. The van der Waals surface area contributed by atoms with Gasteiger partial charge in [0, 0.05) is 5.56 Å². The number of ether oxygens (including phenoxy) is 1. The maximum absolute atomic E-state index is 15.1. The largest absolute Gasteiger partial charge is 0.490 e. The monoisotopic (exact) mass is 694 g/mol. The molecule has 0 unspecified atom stereocenters. The lowest BCUT2D eigenvalue weighted by Gasteiger charge is -2.11. The molecule has 0 fully saturated rings. The molecule has 0 amide bonds. The Labute approximate surface area is 309 Å². The standard InChI is InChI=1S/C48H64F2O/c1-3-5-7-9-11-13-15-17-19-21-23-39-24-26-40(27-25-39)41-28-30-42(31-29-41)43-32-34-44(35-33-43)45-36-37-46(48(50)47(45)49)51-38-22-20-18-16-14-12-10-8-6-4-2/h24-37H,3-23,38H2,1-2H3. The van der Waals surface area contributed by atoms with Gasteiger partial charge in [-0.3, -0.25) is 0 Å². The minimum absolute atomic E-state index is 0.00684. The van der Waals surface area contributed by atoms with E-state index in [4.69, 9.17) is 4.74 Å². The molecular weight excluding hydrogens is 631 g/mol. The molecule has 3 heteroatoms. The fourth-order valence-electron chi connectivity index (χ4n) is 7.02. The Kier molecular flexibility index (Phi) is 18.9. The molecule has 0 aliphatic heterocycles. The molecule has 0 aliphatic carbocycles. The predicted octanol–water partition coefficient (Wildman–Crippen LogP) is 15.7. The lowest BCUT2D eigenvalue weighted by Crippen LogP contribution is -2.01. The summed E-state index contributed by atoms with van der Waals surface area (Å²) in [7, 11) is 0. The van der Waals surface area contributed by atoms with Gasteiger partial charge in [0.05, 0.1) is 6.61 Å². The number of unbranched alkanes of at least 4 members (excludes halogenated alkanes) is 18. The van der Waals surface area contributed by atoms with Crippen molar-refractivity contribution in [2.75, 3.05) is 6.61 Å². The van der Waals surface area contributed by atoms with Crippen LogP contribution in [0.4, 0.5) is 8.78 Å². The van der Waals surface area contributed by atoms with Gasteiger partial charge in [-0.1, -0.05) is 202 Å². The third-order valence-electron chi connectivity index (χ3n) is 10.3. The first kappa shape index (κ1) is 40.3. The highest BCUT2D eigenvalue weighted by atomic mass is 19.2. The highest BCUT2D eigenvalue weighted by Crippen LogP contribution is 2.32. The summed E-state index contributed by atoms with van der Waals surface area (Å²) in [5, 5.41) is 0. The molecule has 0 saturated carbocycles. The SMILES string of the molecule is CCCCCCCCCCCCOc1ccc(-c2ccc(-c3ccc(-c4ccc(CCCCCCCCCCCC)cc4)cc3)cc2)c(F)c1F. The maximum Gasteiger partial charge on any atom is 0.201 e. The van der Waals surface area contributed by atoms with Crippen LogP contribution in [0.2, 0.25) is 0 Å². The first-order valence-electron chi connectivity index (χ1n) is 20.5. The molecule has 0 aromatic heterocycles. The number of hydrogen-bond donors (Lipinski definition) is 0. The molecule has 51 heavy (non-hydrogen) atoms. The number of benzene rings is 4. The lowest BCUT2D eigenvalue weighted by atomic mass is 9.97. The third kappa shape index (κ3) is 14.2. The Hall–Kier alpha value is -3.46. The average molecular weight is 695 g/mol. The molecule has 0 aliphatic rings. The quantitative estimate of drug-likeness (QED) is 0.0595. The van der Waals surface area contributed by atoms with Gasteiger partial charge in [0.25, 0.3) is 0 Å². The Morgan fingerprint density at radius 3 is 1.20 bits per heavy atom. The molecule has 0 saturated heterocycles. The van der Waals surface area contributed by atoms with E-state index in [0.29, 0.717) is 12.2 Å². The van der Waals surface area contributed by atoms with Crippen molar-refractivity contribution in [3.05, 3.63) is 102 Å². The molecule has 4 rings (SSSR count). The number of hydrogen-bond acceptors (Lipinski definition) is 1. The van der Waals surface area contributed by atoms with E-state index in [9.17, 15) is 4.39 Å². The first-order valence-corrected chi connectivity index (χ1v) is 20.5. The Morgan fingerprint density at radius 1 is 0.373 bits per heavy atom. The van der Waals surface area contributed by atoms with Gasteiger partial charge in [0.2, 0.25) is 5.82 Å². The van der Waals surface area contributed by atoms with Gasteiger partial charge < -0.3 is 4.74 Å². The average Bonchev–Trinajstić information content (AvgIpc) is 3.16. The van der Waals surface area contributed by atoms with Gasteiger partial charge in [-0.15, -0.1) is 0 Å². The van der Waals surface area contributed by atoms with Crippen molar-refractivity contribution >= 4 is 0 Å². The Morgan fingerprint density at radius 2 is 0.745 bits per heavy atom. The van der Waals surface area contributed by atoms with Crippen LogP contribution in [0, 0.1) is 11.6 Å². The van der Waals surface area contributed by atoms with Gasteiger partial charge >= 0.3 is 0 Å². The first-order chi connectivity index (χ1) is 25.1. The van der Waals surface area contributed by atoms with Crippen molar-refractivity contribution in [2.24, 2.45) is 0 Å². The number of rotatable bonds is 26. The molecule has 0 heterocycles. The summed E-state index contributed by atoms with van der Waals surface area (Å²) in [5.41, 5.74) is 6.84. The van der Waals surface area contributed by atoms with Crippen LogP contribution >= 0.6 is 0 Å². The zero-order valence-corrected chi connectivity index (χ0v) is 31.8. The van der Waals surface area contributed by atoms with E-state index < -0.39 is 11.6 Å². The summed E-state index contributed by atoms with van der Waals surface area (Å²) in [6, 6.07) is 28.4. The van der Waals surface area contributed by atoms with Crippen LogP contribution in [0.1, 0.15) is 148 Å². The van der Waals surface area contributed by atoms with E-state index in [1.54, 1.807) is 12.1 Å². The minimum Gasteiger partial charge on any atom is -0.490 e. The van der Waals surface area contributed by atoms with Crippen molar-refractivity contribution < 1.29 is 13.5 Å². The minimum atomic E-state index is -0.911. The third-order valence-corrected chi connectivity index (χ3v) is 10.3. The number of aryl methyl sites for hydroxylation is 1. The maximum atomic E-state index is 15.1. The smallest absolute Gasteiger partial charge is 0.201 e. The zero-order valence-electron chi connectivity index (χ0n) is 31.8. The molecule has 4 aromatic rings. The van der Waals surface area contributed by atoms with Gasteiger partial charge in [-0.05, 0) is 64.8 Å². The van der Waals surface area contributed by atoms with E-state index >= 15 is 4.39 Å². The highest BCUT2D eigenvalue weighted by Gasteiger charge is 2.16. The van der Waals surface area contributed by atoms with E-state index in [-0.39, 0.29) is 11.3 Å². The van der Waals surface area contributed by atoms with Crippen molar-refractivity contribution in [3.8, 4) is 39.1 Å². The summed E-state index contributed by atoms with van der Waals surface area (Å²) in [4.78, 5) is 0. The normalized spacial score (nSPS) is 11.3. The summed E-state index contributed by atoms with van der Waals surface area (Å²) in [6.45, 7) is 4.93. The second kappa shape index (κ2) is 23.9. The van der Waals surface area contributed by atoms with Crippen molar-refractivity contribution in [3.63, 3.8) is 0 Å². The molecule has 0 N–H and O–H groups in total. The molecule has 0 spiro atoms.